The van der Waals surface area contributed by atoms with Gasteiger partial charge in [-0.05, 0) is 55.0 Å². The van der Waals surface area contributed by atoms with Gasteiger partial charge in [0.05, 0.1) is 10.6 Å². The van der Waals surface area contributed by atoms with E-state index in [-0.39, 0.29) is 34.4 Å². The first-order valence-corrected chi connectivity index (χ1v) is 10.1. The van der Waals surface area contributed by atoms with Crippen molar-refractivity contribution in [1.29, 1.82) is 0 Å². The molecule has 11 heteroatoms. The molecule has 0 saturated heterocycles. The van der Waals surface area contributed by atoms with Gasteiger partial charge in [-0.3, -0.25) is 30.6 Å². The fraction of sp³-hybridized carbons (Fsp3) is 0.158. The Kier molecular flexibility index (Phi) is 8.86. The number of rotatable bonds is 5. The third-order valence-electron chi connectivity index (χ3n) is 3.84. The molecule has 0 aliphatic heterocycles. The third kappa shape index (κ3) is 7.14. The molecule has 0 aromatic heterocycles. The van der Waals surface area contributed by atoms with E-state index < -0.39 is 11.8 Å². The largest absolute Gasteiger partial charge is 0.326 e. The predicted octanol–water partition coefficient (Wildman–Crippen LogP) is 4.01. The number of hydrogen-bond acceptors (Lipinski definition) is 4. The van der Waals surface area contributed by atoms with Crippen LogP contribution < -0.4 is 21.5 Å². The van der Waals surface area contributed by atoms with Gasteiger partial charge in [0.15, 0.2) is 5.11 Å². The summed E-state index contributed by atoms with van der Waals surface area (Å²) in [6.07, 6.45) is -0.156. The third-order valence-corrected chi connectivity index (χ3v) is 5.00. The fourth-order valence-electron chi connectivity index (χ4n) is 2.25. The molecule has 0 radical (unpaired) electrons. The number of thiocarbonyl (C=S) groups is 1. The highest BCUT2D eigenvalue weighted by atomic mass is 35.5. The molecule has 0 heterocycles. The minimum Gasteiger partial charge on any atom is -0.326 e. The summed E-state index contributed by atoms with van der Waals surface area (Å²) in [6, 6.07) is 9.53. The smallest absolute Gasteiger partial charge is 0.258 e. The van der Waals surface area contributed by atoms with Crippen LogP contribution in [-0.4, -0.2) is 22.8 Å². The summed E-state index contributed by atoms with van der Waals surface area (Å²) < 4.78 is 0. The molecule has 0 saturated carbocycles. The Morgan fingerprint density at radius 1 is 0.933 bits per heavy atom. The summed E-state index contributed by atoms with van der Waals surface area (Å²) in [4.78, 5) is 36.0. The first kappa shape index (κ1) is 23.9. The van der Waals surface area contributed by atoms with Gasteiger partial charge in [0, 0.05) is 28.6 Å². The van der Waals surface area contributed by atoms with Crippen LogP contribution in [-0.2, 0) is 9.59 Å². The van der Waals surface area contributed by atoms with Gasteiger partial charge in [-0.1, -0.05) is 40.9 Å². The van der Waals surface area contributed by atoms with Gasteiger partial charge in [0.2, 0.25) is 11.8 Å². The van der Waals surface area contributed by atoms with Crippen molar-refractivity contribution in [2.24, 2.45) is 0 Å². The van der Waals surface area contributed by atoms with Crippen molar-refractivity contribution in [2.45, 2.75) is 19.8 Å². The van der Waals surface area contributed by atoms with Crippen molar-refractivity contribution in [3.63, 3.8) is 0 Å². The molecule has 4 N–H and O–H groups in total. The Balaban J connectivity index is 1.74. The van der Waals surface area contributed by atoms with Gasteiger partial charge >= 0.3 is 0 Å². The van der Waals surface area contributed by atoms with Crippen molar-refractivity contribution >= 4 is 75.5 Å². The second-order valence-electron chi connectivity index (χ2n) is 6.04. The van der Waals surface area contributed by atoms with Gasteiger partial charge in [-0.15, -0.1) is 0 Å². The molecule has 30 heavy (non-hydrogen) atoms. The maximum Gasteiger partial charge on any atom is 0.258 e. The van der Waals surface area contributed by atoms with Crippen LogP contribution >= 0.6 is 47.0 Å². The SMILES string of the molecule is Cc1c(Cl)cccc1NC(=O)CCC(=O)NNC(=S)NC(=O)c1ccc(Cl)cc1Cl. The number of benzene rings is 2. The molecule has 7 nitrogen and oxygen atoms in total. The van der Waals surface area contributed by atoms with Crippen molar-refractivity contribution in [3.05, 3.63) is 62.6 Å². The topological polar surface area (TPSA) is 99.3 Å². The number of anilines is 1. The van der Waals surface area contributed by atoms with Crippen LogP contribution in [0.15, 0.2) is 36.4 Å². The normalized spacial score (nSPS) is 10.1. The number of nitrogens with one attached hydrogen (secondary N) is 4. The van der Waals surface area contributed by atoms with Crippen LogP contribution in [0.5, 0.6) is 0 Å². The fourth-order valence-corrected chi connectivity index (χ4v) is 3.06. The van der Waals surface area contributed by atoms with E-state index in [0.29, 0.717) is 15.7 Å². The number of carbonyl (C=O) groups is 3. The zero-order valence-electron chi connectivity index (χ0n) is 15.6. The molecule has 2 aromatic rings. The number of amides is 3. The van der Waals surface area contributed by atoms with Crippen LogP contribution in [0.2, 0.25) is 15.1 Å². The van der Waals surface area contributed by atoms with Crippen molar-refractivity contribution in [3.8, 4) is 0 Å². The van der Waals surface area contributed by atoms with E-state index in [4.69, 9.17) is 47.0 Å². The average Bonchev–Trinajstić information content (AvgIpc) is 2.68. The van der Waals surface area contributed by atoms with E-state index >= 15 is 0 Å². The van der Waals surface area contributed by atoms with Crippen molar-refractivity contribution in [1.82, 2.24) is 16.2 Å². The first-order chi connectivity index (χ1) is 14.2. The van der Waals surface area contributed by atoms with Crippen LogP contribution in [0.25, 0.3) is 0 Å². The number of hydrazine groups is 1. The van der Waals surface area contributed by atoms with E-state index in [9.17, 15) is 14.4 Å². The van der Waals surface area contributed by atoms with Gasteiger partial charge in [0.1, 0.15) is 0 Å². The zero-order valence-corrected chi connectivity index (χ0v) is 18.7. The summed E-state index contributed by atoms with van der Waals surface area (Å²) in [5.74, 6) is -1.41. The summed E-state index contributed by atoms with van der Waals surface area (Å²) in [6.45, 7) is 1.78. The molecule has 2 aromatic carbocycles. The highest BCUT2D eigenvalue weighted by Gasteiger charge is 2.13. The second-order valence-corrected chi connectivity index (χ2v) is 7.70. The maximum atomic E-state index is 12.1. The van der Waals surface area contributed by atoms with E-state index in [0.717, 1.165) is 5.56 Å². The number of carbonyl (C=O) groups excluding carboxylic acids is 3. The highest BCUT2D eigenvalue weighted by molar-refractivity contribution is 7.80. The average molecular weight is 488 g/mol. The van der Waals surface area contributed by atoms with Crippen LogP contribution in [0.3, 0.4) is 0 Å². The lowest BCUT2D eigenvalue weighted by atomic mass is 10.2. The molecule has 0 atom stereocenters. The number of halogens is 3. The van der Waals surface area contributed by atoms with Gasteiger partial charge in [0.25, 0.3) is 5.91 Å². The lowest BCUT2D eigenvalue weighted by Gasteiger charge is -2.12. The summed E-state index contributed by atoms with van der Waals surface area (Å²) in [7, 11) is 0. The molecule has 158 valence electrons. The quantitative estimate of drug-likeness (QED) is 0.377. The standard InChI is InChI=1S/C19H17Cl3N4O3S/c1-10-13(21)3-2-4-15(10)23-16(27)7-8-17(28)25-26-19(30)24-18(29)12-6-5-11(20)9-14(12)22/h2-6,9H,7-8H2,1H3,(H,23,27)(H,25,28)(H2,24,26,29,30). The zero-order chi connectivity index (χ0) is 22.3. The molecule has 0 fully saturated rings. The van der Waals surface area contributed by atoms with Gasteiger partial charge < -0.3 is 5.32 Å². The Labute approximate surface area is 193 Å². The monoisotopic (exact) mass is 486 g/mol. The summed E-state index contributed by atoms with van der Waals surface area (Å²) >= 11 is 22.7. The highest BCUT2D eigenvalue weighted by Crippen LogP contribution is 2.23. The molecule has 0 aliphatic carbocycles. The maximum absolute atomic E-state index is 12.1. The Morgan fingerprint density at radius 3 is 2.33 bits per heavy atom. The van der Waals surface area contributed by atoms with Gasteiger partial charge in [-0.2, -0.15) is 0 Å². The molecule has 0 spiro atoms. The van der Waals surface area contributed by atoms with Crippen LogP contribution in [0, 0.1) is 6.92 Å². The predicted molar refractivity (Wildman–Crippen MR) is 122 cm³/mol. The number of hydrogen-bond donors (Lipinski definition) is 4. The molecule has 0 bridgehead atoms. The van der Waals surface area contributed by atoms with Crippen molar-refractivity contribution < 1.29 is 14.4 Å². The Bertz CT molecular complexity index is 1000. The van der Waals surface area contributed by atoms with Crippen LogP contribution in [0.1, 0.15) is 28.8 Å². The van der Waals surface area contributed by atoms with Gasteiger partial charge in [-0.25, -0.2) is 0 Å². The van der Waals surface area contributed by atoms with E-state index in [1.54, 1.807) is 25.1 Å². The summed E-state index contributed by atoms with van der Waals surface area (Å²) in [5, 5.41) is 6.00. The molecular formula is C19H17Cl3N4O3S. The lowest BCUT2D eigenvalue weighted by molar-refractivity contribution is -0.124. The molecule has 0 aliphatic rings. The summed E-state index contributed by atoms with van der Waals surface area (Å²) in [5.41, 5.74) is 6.18. The minimum absolute atomic E-state index is 0.0566. The molecule has 3 amide bonds. The second kappa shape index (κ2) is 11.1. The Hall–Kier alpha value is -2.39. The molecular weight excluding hydrogens is 471 g/mol. The lowest BCUT2D eigenvalue weighted by Crippen LogP contribution is -2.48. The first-order valence-electron chi connectivity index (χ1n) is 8.57. The van der Waals surface area contributed by atoms with E-state index in [1.807, 2.05) is 0 Å². The van der Waals surface area contributed by atoms with Crippen molar-refractivity contribution in [2.75, 3.05) is 5.32 Å². The molecule has 2 rings (SSSR count). The molecule has 0 unspecified atom stereocenters. The van der Waals surface area contributed by atoms with E-state index in [1.165, 1.54) is 18.2 Å². The van der Waals surface area contributed by atoms with E-state index in [2.05, 4.69) is 21.5 Å². The van der Waals surface area contributed by atoms with Crippen LogP contribution in [0.4, 0.5) is 5.69 Å². The Morgan fingerprint density at radius 2 is 1.63 bits per heavy atom. The minimum atomic E-state index is -0.570.